The van der Waals surface area contributed by atoms with Crippen molar-refractivity contribution < 1.29 is 0 Å². The zero-order valence-corrected chi connectivity index (χ0v) is 10.8. The molecule has 0 saturated heterocycles. The topological polar surface area (TPSA) is 60.0 Å². The van der Waals surface area contributed by atoms with Gasteiger partial charge in [0, 0.05) is 19.6 Å². The Balaban J connectivity index is 2.12. The van der Waals surface area contributed by atoms with E-state index in [1.165, 1.54) is 19.3 Å². The Bertz CT molecular complexity index is 348. The molecule has 0 radical (unpaired) electrons. The Hall–Kier alpha value is -1.10. The van der Waals surface area contributed by atoms with E-state index in [2.05, 4.69) is 29.2 Å². The Kier molecular flexibility index (Phi) is 3.99. The van der Waals surface area contributed by atoms with Gasteiger partial charge in [0.15, 0.2) is 0 Å². The third-order valence-corrected chi connectivity index (χ3v) is 3.81. The quantitative estimate of drug-likeness (QED) is 0.837. The van der Waals surface area contributed by atoms with E-state index in [1.54, 1.807) is 0 Å². The van der Waals surface area contributed by atoms with Gasteiger partial charge in [-0.3, -0.25) is 0 Å². The number of aryl methyl sites for hydroxylation is 1. The first-order valence-corrected chi connectivity index (χ1v) is 6.59. The van der Waals surface area contributed by atoms with Crippen molar-refractivity contribution in [2.75, 3.05) is 18.5 Å². The molecule has 5 nitrogen and oxygen atoms in total. The fourth-order valence-electron chi connectivity index (χ4n) is 2.87. The lowest BCUT2D eigenvalue weighted by Gasteiger charge is -2.30. The second kappa shape index (κ2) is 5.49. The van der Waals surface area contributed by atoms with Crippen molar-refractivity contribution in [3.63, 3.8) is 0 Å². The number of anilines is 1. The number of rotatable bonds is 5. The van der Waals surface area contributed by atoms with Gasteiger partial charge in [-0.1, -0.05) is 18.6 Å². The lowest BCUT2D eigenvalue weighted by molar-refractivity contribution is 0.461. The van der Waals surface area contributed by atoms with Crippen LogP contribution in [-0.2, 0) is 6.54 Å². The molecular weight excluding hydrogens is 214 g/mol. The molecule has 5 heteroatoms. The van der Waals surface area contributed by atoms with Crippen LogP contribution in [0.1, 0.15) is 32.6 Å². The van der Waals surface area contributed by atoms with E-state index in [4.69, 9.17) is 5.73 Å². The first-order chi connectivity index (χ1) is 8.27. The van der Waals surface area contributed by atoms with Crippen molar-refractivity contribution in [3.8, 4) is 0 Å². The fourth-order valence-corrected chi connectivity index (χ4v) is 2.87. The van der Waals surface area contributed by atoms with Crippen molar-refractivity contribution in [1.29, 1.82) is 0 Å². The Morgan fingerprint density at radius 2 is 2.35 bits per heavy atom. The van der Waals surface area contributed by atoms with E-state index < -0.39 is 0 Å². The number of hydrogen-bond acceptors (Lipinski definition) is 4. The van der Waals surface area contributed by atoms with Crippen LogP contribution >= 0.6 is 0 Å². The van der Waals surface area contributed by atoms with E-state index >= 15 is 0 Å². The Morgan fingerprint density at radius 3 is 3.06 bits per heavy atom. The predicted molar refractivity (Wildman–Crippen MR) is 68.9 cm³/mol. The molecule has 0 aromatic carbocycles. The summed E-state index contributed by atoms with van der Waals surface area (Å²) in [4.78, 5) is 2.32. The van der Waals surface area contributed by atoms with Gasteiger partial charge in [0.05, 0.1) is 6.20 Å². The maximum Gasteiger partial charge on any atom is 0.147 e. The summed E-state index contributed by atoms with van der Waals surface area (Å²) >= 11 is 0. The molecule has 2 atom stereocenters. The summed E-state index contributed by atoms with van der Waals surface area (Å²) in [6, 6.07) is 0.550. The molecule has 0 spiro atoms. The van der Waals surface area contributed by atoms with Gasteiger partial charge in [-0.25, -0.2) is 4.68 Å². The van der Waals surface area contributed by atoms with E-state index in [-0.39, 0.29) is 0 Å². The summed E-state index contributed by atoms with van der Waals surface area (Å²) in [6.07, 6.45) is 6.71. The molecule has 1 aliphatic rings. The van der Waals surface area contributed by atoms with Crippen LogP contribution in [0.5, 0.6) is 0 Å². The van der Waals surface area contributed by atoms with E-state index in [0.29, 0.717) is 12.0 Å². The minimum absolute atomic E-state index is 0.550. The molecule has 1 aromatic heterocycles. The summed E-state index contributed by atoms with van der Waals surface area (Å²) in [5, 5.41) is 8.17. The van der Waals surface area contributed by atoms with Gasteiger partial charge in [-0.15, -0.1) is 5.10 Å². The Labute approximate surface area is 103 Å². The van der Waals surface area contributed by atoms with Crippen molar-refractivity contribution in [2.45, 2.75) is 45.2 Å². The fraction of sp³-hybridized carbons (Fsp3) is 0.833. The number of hydrogen-bond donors (Lipinski definition) is 1. The van der Waals surface area contributed by atoms with Crippen molar-refractivity contribution >= 4 is 5.82 Å². The molecule has 1 aliphatic carbocycles. The average Bonchev–Trinajstić information content (AvgIpc) is 2.96. The van der Waals surface area contributed by atoms with E-state index in [1.807, 2.05) is 10.9 Å². The van der Waals surface area contributed by atoms with Gasteiger partial charge in [0.25, 0.3) is 0 Å². The zero-order valence-electron chi connectivity index (χ0n) is 10.8. The summed E-state index contributed by atoms with van der Waals surface area (Å²) in [6.45, 7) is 3.87. The molecular formula is C12H23N5. The molecule has 17 heavy (non-hydrogen) atoms. The molecule has 1 saturated carbocycles. The highest BCUT2D eigenvalue weighted by Gasteiger charge is 2.30. The number of nitrogens with zero attached hydrogens (tertiary/aromatic N) is 4. The molecule has 0 bridgehead atoms. The number of nitrogens with two attached hydrogens (primary N) is 1. The maximum absolute atomic E-state index is 5.85. The van der Waals surface area contributed by atoms with Gasteiger partial charge in [0.2, 0.25) is 0 Å². The third-order valence-electron chi connectivity index (χ3n) is 3.81. The molecule has 96 valence electrons. The SMILES string of the molecule is CCCn1nncc1N(C)C1CCCC1CN. The van der Waals surface area contributed by atoms with Gasteiger partial charge < -0.3 is 10.6 Å². The van der Waals surface area contributed by atoms with Crippen LogP contribution in [0, 0.1) is 5.92 Å². The summed E-state index contributed by atoms with van der Waals surface area (Å²) in [7, 11) is 2.14. The molecule has 2 unspecified atom stereocenters. The van der Waals surface area contributed by atoms with Crippen LogP contribution in [-0.4, -0.2) is 34.6 Å². The van der Waals surface area contributed by atoms with Crippen LogP contribution in [0.4, 0.5) is 5.82 Å². The minimum atomic E-state index is 0.550. The Morgan fingerprint density at radius 1 is 1.53 bits per heavy atom. The summed E-state index contributed by atoms with van der Waals surface area (Å²) < 4.78 is 1.99. The molecule has 0 aliphatic heterocycles. The first kappa shape index (κ1) is 12.4. The second-order valence-electron chi connectivity index (χ2n) is 4.92. The smallest absolute Gasteiger partial charge is 0.147 e. The largest absolute Gasteiger partial charge is 0.355 e. The molecule has 1 heterocycles. The molecule has 2 rings (SSSR count). The van der Waals surface area contributed by atoms with Gasteiger partial charge in [-0.2, -0.15) is 0 Å². The predicted octanol–water partition coefficient (Wildman–Crippen LogP) is 1.25. The normalized spacial score (nSPS) is 24.2. The highest BCUT2D eigenvalue weighted by Crippen LogP contribution is 2.31. The lowest BCUT2D eigenvalue weighted by Crippen LogP contribution is -2.38. The molecule has 2 N–H and O–H groups in total. The molecule has 1 fully saturated rings. The van der Waals surface area contributed by atoms with E-state index in [9.17, 15) is 0 Å². The van der Waals surface area contributed by atoms with Gasteiger partial charge in [-0.05, 0) is 31.7 Å². The van der Waals surface area contributed by atoms with E-state index in [0.717, 1.165) is 25.3 Å². The van der Waals surface area contributed by atoms with Crippen LogP contribution in [0.25, 0.3) is 0 Å². The van der Waals surface area contributed by atoms with Crippen LogP contribution in [0.15, 0.2) is 6.20 Å². The molecule has 0 amide bonds. The summed E-state index contributed by atoms with van der Waals surface area (Å²) in [5.41, 5.74) is 5.85. The highest BCUT2D eigenvalue weighted by atomic mass is 15.5. The average molecular weight is 237 g/mol. The van der Waals surface area contributed by atoms with Crippen molar-refractivity contribution in [1.82, 2.24) is 15.0 Å². The highest BCUT2D eigenvalue weighted by molar-refractivity contribution is 5.37. The van der Waals surface area contributed by atoms with Crippen molar-refractivity contribution in [3.05, 3.63) is 6.20 Å². The second-order valence-corrected chi connectivity index (χ2v) is 4.92. The first-order valence-electron chi connectivity index (χ1n) is 6.59. The molecule has 1 aromatic rings. The standard InChI is InChI=1S/C12H23N5/c1-3-7-17-12(9-14-15-17)16(2)11-6-4-5-10(11)8-13/h9-11H,3-8,13H2,1-2H3. The zero-order chi connectivity index (χ0) is 12.3. The maximum atomic E-state index is 5.85. The monoisotopic (exact) mass is 237 g/mol. The third kappa shape index (κ3) is 2.44. The van der Waals surface area contributed by atoms with Crippen LogP contribution in [0.3, 0.4) is 0 Å². The van der Waals surface area contributed by atoms with Crippen LogP contribution < -0.4 is 10.6 Å². The van der Waals surface area contributed by atoms with Crippen molar-refractivity contribution in [2.24, 2.45) is 11.7 Å². The van der Waals surface area contributed by atoms with Crippen LogP contribution in [0.2, 0.25) is 0 Å². The summed E-state index contributed by atoms with van der Waals surface area (Å²) in [5.74, 6) is 1.74. The lowest BCUT2D eigenvalue weighted by atomic mass is 10.0. The van der Waals surface area contributed by atoms with Gasteiger partial charge in [0.1, 0.15) is 5.82 Å². The minimum Gasteiger partial charge on any atom is -0.355 e. The number of aromatic nitrogens is 3. The van der Waals surface area contributed by atoms with Gasteiger partial charge >= 0.3 is 0 Å².